The van der Waals surface area contributed by atoms with Crippen LogP contribution in [-0.2, 0) is 7.05 Å². The lowest BCUT2D eigenvalue weighted by Crippen LogP contribution is -1.99. The van der Waals surface area contributed by atoms with Crippen LogP contribution in [0.5, 0.6) is 0 Å². The van der Waals surface area contributed by atoms with Crippen LogP contribution < -0.4 is 0 Å². The Bertz CT molecular complexity index is 555. The normalized spacial score (nSPS) is 11.2. The van der Waals surface area contributed by atoms with Crippen LogP contribution in [0.4, 0.5) is 0 Å². The molecule has 0 spiro atoms. The highest BCUT2D eigenvalue weighted by molar-refractivity contribution is 6.02. The van der Waals surface area contributed by atoms with Crippen LogP contribution in [0.3, 0.4) is 0 Å². The number of nitrogens with zero attached hydrogens (tertiary/aromatic N) is 2. The summed E-state index contributed by atoms with van der Waals surface area (Å²) in [7, 11) is 1.85. The number of aromatic carboxylic acids is 1. The van der Waals surface area contributed by atoms with Crippen molar-refractivity contribution in [3.05, 3.63) is 29.5 Å². The molecule has 0 aliphatic heterocycles. The Morgan fingerprint density at radius 2 is 2.12 bits per heavy atom. The van der Waals surface area contributed by atoms with Gasteiger partial charge in [0.25, 0.3) is 0 Å². The Morgan fingerprint density at radius 3 is 2.69 bits per heavy atom. The summed E-state index contributed by atoms with van der Waals surface area (Å²) in [6.07, 6.45) is 0. The van der Waals surface area contributed by atoms with Crippen LogP contribution in [0.2, 0.25) is 0 Å². The smallest absolute Gasteiger partial charge is 0.337 e. The number of carboxylic acid groups (broad SMARTS) is 1. The van der Waals surface area contributed by atoms with Crippen LogP contribution in [0.15, 0.2) is 18.2 Å². The van der Waals surface area contributed by atoms with Crippen molar-refractivity contribution in [2.75, 3.05) is 0 Å². The Kier molecular flexibility index (Phi) is 2.42. The van der Waals surface area contributed by atoms with Crippen molar-refractivity contribution >= 4 is 16.9 Å². The van der Waals surface area contributed by atoms with Gasteiger partial charge in [0.1, 0.15) is 5.52 Å². The largest absolute Gasteiger partial charge is 0.478 e. The molecule has 1 heterocycles. The van der Waals surface area contributed by atoms with Crippen molar-refractivity contribution < 1.29 is 9.90 Å². The van der Waals surface area contributed by atoms with E-state index < -0.39 is 5.97 Å². The molecule has 16 heavy (non-hydrogen) atoms. The van der Waals surface area contributed by atoms with E-state index in [-0.39, 0.29) is 5.56 Å². The first-order valence-electron chi connectivity index (χ1n) is 5.21. The average molecular weight is 218 g/mol. The molecule has 0 aliphatic rings. The Morgan fingerprint density at radius 1 is 1.44 bits per heavy atom. The first-order chi connectivity index (χ1) is 7.52. The number of carboxylic acids is 1. The Hall–Kier alpha value is -1.84. The van der Waals surface area contributed by atoms with E-state index in [1.54, 1.807) is 16.8 Å². The molecule has 2 aromatic rings. The first kappa shape index (κ1) is 10.7. The second-order valence-corrected chi connectivity index (χ2v) is 4.17. The standard InChI is InChI=1S/C12H14N2O2/c1-7(2)11-8-5-4-6-9(12(15)16)10(8)13-14(11)3/h4-7H,1-3H3,(H,15,16). The molecule has 0 unspecified atom stereocenters. The maximum absolute atomic E-state index is 11.1. The van der Waals surface area contributed by atoms with E-state index in [1.807, 2.05) is 13.1 Å². The number of hydrogen-bond acceptors (Lipinski definition) is 2. The maximum Gasteiger partial charge on any atom is 0.337 e. The van der Waals surface area contributed by atoms with Crippen molar-refractivity contribution in [3.8, 4) is 0 Å². The van der Waals surface area contributed by atoms with Gasteiger partial charge in [-0.25, -0.2) is 4.79 Å². The van der Waals surface area contributed by atoms with E-state index in [9.17, 15) is 4.79 Å². The van der Waals surface area contributed by atoms with Gasteiger partial charge >= 0.3 is 5.97 Å². The molecule has 1 N–H and O–H groups in total. The fourth-order valence-electron chi connectivity index (χ4n) is 2.09. The number of benzene rings is 1. The molecule has 0 amide bonds. The lowest BCUT2D eigenvalue weighted by Gasteiger charge is -2.05. The number of hydrogen-bond donors (Lipinski definition) is 1. The molecule has 1 aromatic carbocycles. The van der Waals surface area contributed by atoms with Crippen molar-refractivity contribution in [3.63, 3.8) is 0 Å². The highest BCUT2D eigenvalue weighted by atomic mass is 16.4. The zero-order valence-electron chi connectivity index (χ0n) is 9.56. The zero-order valence-corrected chi connectivity index (χ0v) is 9.56. The van der Waals surface area contributed by atoms with Gasteiger partial charge in [-0.3, -0.25) is 4.68 Å². The second-order valence-electron chi connectivity index (χ2n) is 4.17. The predicted octanol–water partition coefficient (Wildman–Crippen LogP) is 2.39. The highest BCUT2D eigenvalue weighted by Crippen LogP contribution is 2.26. The van der Waals surface area contributed by atoms with Gasteiger partial charge in [0.2, 0.25) is 0 Å². The predicted molar refractivity (Wildman–Crippen MR) is 61.8 cm³/mol. The van der Waals surface area contributed by atoms with E-state index in [2.05, 4.69) is 18.9 Å². The topological polar surface area (TPSA) is 55.1 Å². The van der Waals surface area contributed by atoms with Crippen LogP contribution in [0, 0.1) is 0 Å². The first-order valence-corrected chi connectivity index (χ1v) is 5.21. The van der Waals surface area contributed by atoms with Gasteiger partial charge < -0.3 is 5.11 Å². The van der Waals surface area contributed by atoms with E-state index >= 15 is 0 Å². The summed E-state index contributed by atoms with van der Waals surface area (Å²) in [6.45, 7) is 4.15. The van der Waals surface area contributed by atoms with Gasteiger partial charge in [0, 0.05) is 18.1 Å². The van der Waals surface area contributed by atoms with Gasteiger partial charge in [-0.2, -0.15) is 5.10 Å². The minimum Gasteiger partial charge on any atom is -0.478 e. The zero-order chi connectivity index (χ0) is 11.9. The quantitative estimate of drug-likeness (QED) is 0.842. The molecule has 0 aliphatic carbocycles. The molecule has 0 saturated carbocycles. The van der Waals surface area contributed by atoms with Gasteiger partial charge in [-0.1, -0.05) is 26.0 Å². The highest BCUT2D eigenvalue weighted by Gasteiger charge is 2.17. The van der Waals surface area contributed by atoms with E-state index in [4.69, 9.17) is 5.11 Å². The molecule has 84 valence electrons. The second kappa shape index (κ2) is 3.63. The Balaban J connectivity index is 2.83. The van der Waals surface area contributed by atoms with E-state index in [1.165, 1.54) is 0 Å². The molecule has 0 saturated heterocycles. The molecular formula is C12H14N2O2. The monoisotopic (exact) mass is 218 g/mol. The van der Waals surface area contributed by atoms with Crippen molar-refractivity contribution in [2.45, 2.75) is 19.8 Å². The van der Waals surface area contributed by atoms with E-state index in [0.29, 0.717) is 11.4 Å². The molecule has 1 aromatic heterocycles. The van der Waals surface area contributed by atoms with Gasteiger partial charge in [0.15, 0.2) is 0 Å². The molecule has 4 nitrogen and oxygen atoms in total. The molecule has 2 rings (SSSR count). The van der Waals surface area contributed by atoms with Crippen LogP contribution in [0.25, 0.3) is 10.9 Å². The van der Waals surface area contributed by atoms with Crippen molar-refractivity contribution in [1.82, 2.24) is 9.78 Å². The lowest BCUT2D eigenvalue weighted by molar-refractivity contribution is 0.0699. The minimum absolute atomic E-state index is 0.264. The summed E-state index contributed by atoms with van der Waals surface area (Å²) in [4.78, 5) is 11.1. The van der Waals surface area contributed by atoms with Crippen LogP contribution in [-0.4, -0.2) is 20.9 Å². The maximum atomic E-state index is 11.1. The fraction of sp³-hybridized carbons (Fsp3) is 0.333. The molecule has 0 bridgehead atoms. The van der Waals surface area contributed by atoms with Gasteiger partial charge in [-0.05, 0) is 12.0 Å². The third-order valence-electron chi connectivity index (χ3n) is 2.69. The van der Waals surface area contributed by atoms with Crippen molar-refractivity contribution in [2.24, 2.45) is 7.05 Å². The molecule has 4 heteroatoms. The fourth-order valence-corrected chi connectivity index (χ4v) is 2.09. The Labute approximate surface area is 93.5 Å². The molecular weight excluding hydrogens is 204 g/mol. The molecule has 0 atom stereocenters. The molecule has 0 radical (unpaired) electrons. The molecule has 0 fully saturated rings. The summed E-state index contributed by atoms with van der Waals surface area (Å²) in [6, 6.07) is 5.27. The number of aryl methyl sites for hydroxylation is 1. The van der Waals surface area contributed by atoms with Gasteiger partial charge in [-0.15, -0.1) is 0 Å². The van der Waals surface area contributed by atoms with Gasteiger partial charge in [0.05, 0.1) is 5.56 Å². The van der Waals surface area contributed by atoms with Crippen LogP contribution in [0.1, 0.15) is 35.8 Å². The summed E-state index contributed by atoms with van der Waals surface area (Å²) < 4.78 is 1.77. The number of rotatable bonds is 2. The number of aromatic nitrogens is 2. The number of carbonyl (C=O) groups is 1. The van der Waals surface area contributed by atoms with Crippen molar-refractivity contribution in [1.29, 1.82) is 0 Å². The van der Waals surface area contributed by atoms with Crippen LogP contribution >= 0.6 is 0 Å². The summed E-state index contributed by atoms with van der Waals surface area (Å²) >= 11 is 0. The average Bonchev–Trinajstić information content (AvgIpc) is 2.52. The lowest BCUT2D eigenvalue weighted by atomic mass is 10.0. The third-order valence-corrected chi connectivity index (χ3v) is 2.69. The SMILES string of the molecule is CC(C)c1c2cccc(C(=O)O)c2nn1C. The summed E-state index contributed by atoms with van der Waals surface area (Å²) in [5.41, 5.74) is 1.90. The van der Waals surface area contributed by atoms with E-state index in [0.717, 1.165) is 11.1 Å². The summed E-state index contributed by atoms with van der Waals surface area (Å²) in [5.74, 6) is -0.613. The minimum atomic E-state index is -0.931. The number of fused-ring (bicyclic) bond motifs is 1. The third kappa shape index (κ3) is 1.46. The summed E-state index contributed by atoms with van der Waals surface area (Å²) in [5, 5.41) is 14.3.